The Morgan fingerprint density at radius 3 is 2.54 bits per heavy atom. The normalized spacial score (nSPS) is 9.96. The van der Waals surface area contributed by atoms with Crippen molar-refractivity contribution in [3.8, 4) is 6.07 Å². The number of hydrogen-bond acceptors (Lipinski definition) is 7. The largest absolute Gasteiger partial charge is 0.350 e. The van der Waals surface area contributed by atoms with E-state index in [-0.39, 0.29) is 5.78 Å². The molecule has 116 valence electrons. The second-order valence-electron chi connectivity index (χ2n) is 4.92. The molecular formula is C17H12N6O. The molecule has 3 rings (SSSR count). The lowest BCUT2D eigenvalue weighted by molar-refractivity contribution is 0.103. The fourth-order valence-corrected chi connectivity index (χ4v) is 2.04. The maximum Gasteiger partial charge on any atom is 0.222 e. The molecule has 2 heterocycles. The molecule has 0 fully saturated rings. The minimum atomic E-state index is -0.227. The Balaban J connectivity index is 1.69. The molecule has 1 N–H and O–H groups in total. The monoisotopic (exact) mass is 316 g/mol. The molecule has 0 spiro atoms. The van der Waals surface area contributed by atoms with Gasteiger partial charge in [-0.1, -0.05) is 12.1 Å². The Labute approximate surface area is 138 Å². The first kappa shape index (κ1) is 15.2. The minimum absolute atomic E-state index is 0.227. The molecule has 0 unspecified atom stereocenters. The molecule has 24 heavy (non-hydrogen) atoms. The van der Waals surface area contributed by atoms with E-state index in [0.29, 0.717) is 29.2 Å². The molecule has 0 amide bonds. The first-order valence-corrected chi connectivity index (χ1v) is 7.11. The third-order valence-corrected chi connectivity index (χ3v) is 3.23. The number of anilines is 1. The first-order chi connectivity index (χ1) is 11.8. The first-order valence-electron chi connectivity index (χ1n) is 7.11. The van der Waals surface area contributed by atoms with E-state index in [4.69, 9.17) is 5.26 Å². The zero-order valence-corrected chi connectivity index (χ0v) is 12.5. The number of hydrogen-bond donors (Lipinski definition) is 1. The molecular weight excluding hydrogens is 304 g/mol. The van der Waals surface area contributed by atoms with Crippen LogP contribution < -0.4 is 5.32 Å². The number of nitrogens with zero attached hydrogens (tertiary/aromatic N) is 5. The Morgan fingerprint density at radius 1 is 1.08 bits per heavy atom. The molecule has 0 saturated heterocycles. The molecule has 3 aromatic rings. The van der Waals surface area contributed by atoms with Gasteiger partial charge in [0.05, 0.1) is 17.2 Å². The van der Waals surface area contributed by atoms with Crippen LogP contribution in [0.25, 0.3) is 0 Å². The summed E-state index contributed by atoms with van der Waals surface area (Å²) < 4.78 is 0. The molecule has 1 aromatic carbocycles. The van der Waals surface area contributed by atoms with Crippen LogP contribution in [0.3, 0.4) is 0 Å². The zero-order chi connectivity index (χ0) is 16.8. The van der Waals surface area contributed by atoms with Crippen molar-refractivity contribution in [2.45, 2.75) is 6.54 Å². The highest BCUT2D eigenvalue weighted by Crippen LogP contribution is 2.11. The molecule has 0 aliphatic heterocycles. The van der Waals surface area contributed by atoms with E-state index >= 15 is 0 Å². The molecule has 0 saturated carbocycles. The fourth-order valence-electron chi connectivity index (χ4n) is 2.04. The second kappa shape index (κ2) is 7.07. The van der Waals surface area contributed by atoms with Crippen LogP contribution >= 0.6 is 0 Å². The quantitative estimate of drug-likeness (QED) is 0.717. The molecule has 7 heteroatoms. The summed E-state index contributed by atoms with van der Waals surface area (Å²) in [5.41, 5.74) is 2.12. The number of nitrogens with one attached hydrogen (secondary N) is 1. The van der Waals surface area contributed by atoms with Crippen LogP contribution in [-0.4, -0.2) is 25.7 Å². The molecule has 0 radical (unpaired) electrons. The SMILES string of the molecule is N#Cc1cccc(C(=O)c2cnc(NCc3cncnc3)nc2)c1. The topological polar surface area (TPSA) is 104 Å². The molecule has 7 nitrogen and oxygen atoms in total. The third-order valence-electron chi connectivity index (χ3n) is 3.23. The highest BCUT2D eigenvalue weighted by atomic mass is 16.1. The molecule has 0 aliphatic rings. The van der Waals surface area contributed by atoms with Crippen molar-refractivity contribution in [3.63, 3.8) is 0 Å². The van der Waals surface area contributed by atoms with Gasteiger partial charge in [-0.05, 0) is 12.1 Å². The maximum absolute atomic E-state index is 12.4. The van der Waals surface area contributed by atoms with E-state index in [1.807, 2.05) is 6.07 Å². The summed E-state index contributed by atoms with van der Waals surface area (Å²) in [6, 6.07) is 8.53. The van der Waals surface area contributed by atoms with Crippen LogP contribution in [0.1, 0.15) is 27.0 Å². The molecule has 0 aliphatic carbocycles. The average Bonchev–Trinajstić information content (AvgIpc) is 2.67. The van der Waals surface area contributed by atoms with Gasteiger partial charge in [-0.3, -0.25) is 4.79 Å². The van der Waals surface area contributed by atoms with E-state index in [9.17, 15) is 4.79 Å². The molecule has 0 atom stereocenters. The average molecular weight is 316 g/mol. The standard InChI is InChI=1S/C17H12N6O/c18-5-12-2-1-3-14(4-12)16(24)15-9-22-17(23-10-15)21-8-13-6-19-11-20-7-13/h1-4,6-7,9-11H,8H2,(H,21,22,23). The summed E-state index contributed by atoms with van der Waals surface area (Å²) >= 11 is 0. The Kier molecular flexibility index (Phi) is 4.49. The molecule has 2 aromatic heterocycles. The van der Waals surface area contributed by atoms with Crippen LogP contribution in [-0.2, 0) is 6.54 Å². The fraction of sp³-hybridized carbons (Fsp3) is 0.0588. The van der Waals surface area contributed by atoms with Crippen molar-refractivity contribution in [3.05, 3.63) is 77.6 Å². The lowest BCUT2D eigenvalue weighted by atomic mass is 10.0. The van der Waals surface area contributed by atoms with E-state index in [2.05, 4.69) is 25.3 Å². The number of nitriles is 1. The van der Waals surface area contributed by atoms with Crippen LogP contribution in [0.2, 0.25) is 0 Å². The van der Waals surface area contributed by atoms with Gasteiger partial charge in [-0.15, -0.1) is 0 Å². The highest BCUT2D eigenvalue weighted by molar-refractivity contribution is 6.08. The lowest BCUT2D eigenvalue weighted by Crippen LogP contribution is -2.07. The summed E-state index contributed by atoms with van der Waals surface area (Å²) in [4.78, 5) is 28.5. The summed E-state index contributed by atoms with van der Waals surface area (Å²) in [6.07, 6.45) is 7.76. The lowest BCUT2D eigenvalue weighted by Gasteiger charge is -2.05. The van der Waals surface area contributed by atoms with Gasteiger partial charge < -0.3 is 5.32 Å². The number of aromatic nitrogens is 4. The summed E-state index contributed by atoms with van der Waals surface area (Å²) in [6.45, 7) is 0.484. The predicted octanol–water partition coefficient (Wildman–Crippen LogP) is 1.98. The summed E-state index contributed by atoms with van der Waals surface area (Å²) in [7, 11) is 0. The van der Waals surface area contributed by atoms with Gasteiger partial charge >= 0.3 is 0 Å². The van der Waals surface area contributed by atoms with E-state index in [0.717, 1.165) is 5.56 Å². The smallest absolute Gasteiger partial charge is 0.222 e. The van der Waals surface area contributed by atoms with Crippen molar-refractivity contribution < 1.29 is 4.79 Å². The Bertz CT molecular complexity index is 887. The van der Waals surface area contributed by atoms with Gasteiger partial charge in [0, 0.05) is 42.5 Å². The van der Waals surface area contributed by atoms with Gasteiger partial charge in [-0.2, -0.15) is 5.26 Å². The van der Waals surface area contributed by atoms with Gasteiger partial charge in [0.25, 0.3) is 0 Å². The second-order valence-corrected chi connectivity index (χ2v) is 4.92. The van der Waals surface area contributed by atoms with Crippen molar-refractivity contribution in [2.75, 3.05) is 5.32 Å². The number of ketones is 1. The summed E-state index contributed by atoms with van der Waals surface area (Å²) in [5.74, 6) is 0.177. The zero-order valence-electron chi connectivity index (χ0n) is 12.5. The highest BCUT2D eigenvalue weighted by Gasteiger charge is 2.11. The van der Waals surface area contributed by atoms with Crippen molar-refractivity contribution in [1.82, 2.24) is 19.9 Å². The van der Waals surface area contributed by atoms with Crippen molar-refractivity contribution in [2.24, 2.45) is 0 Å². The van der Waals surface area contributed by atoms with Gasteiger partial charge in [0.1, 0.15) is 6.33 Å². The van der Waals surface area contributed by atoms with Crippen LogP contribution in [0.4, 0.5) is 5.95 Å². The van der Waals surface area contributed by atoms with E-state index in [1.54, 1.807) is 36.7 Å². The Morgan fingerprint density at radius 2 is 1.83 bits per heavy atom. The number of carbonyl (C=O) groups is 1. The number of rotatable bonds is 5. The Hall–Kier alpha value is -3.66. The van der Waals surface area contributed by atoms with E-state index < -0.39 is 0 Å². The van der Waals surface area contributed by atoms with Crippen LogP contribution in [0.15, 0.2) is 55.4 Å². The van der Waals surface area contributed by atoms with Crippen LogP contribution in [0, 0.1) is 11.3 Å². The summed E-state index contributed by atoms with van der Waals surface area (Å²) in [5, 5.41) is 11.9. The van der Waals surface area contributed by atoms with Crippen LogP contribution in [0.5, 0.6) is 0 Å². The third kappa shape index (κ3) is 3.56. The number of benzene rings is 1. The molecule has 0 bridgehead atoms. The predicted molar refractivity (Wildman–Crippen MR) is 86.0 cm³/mol. The van der Waals surface area contributed by atoms with Gasteiger partial charge in [-0.25, -0.2) is 19.9 Å². The van der Waals surface area contributed by atoms with Gasteiger partial charge in [0.15, 0.2) is 5.78 Å². The van der Waals surface area contributed by atoms with Gasteiger partial charge in [0.2, 0.25) is 5.95 Å². The van der Waals surface area contributed by atoms with Crippen molar-refractivity contribution >= 4 is 11.7 Å². The van der Waals surface area contributed by atoms with Crippen molar-refractivity contribution in [1.29, 1.82) is 5.26 Å². The van der Waals surface area contributed by atoms with E-state index in [1.165, 1.54) is 18.7 Å². The number of carbonyl (C=O) groups excluding carboxylic acids is 1. The minimum Gasteiger partial charge on any atom is -0.350 e. The maximum atomic E-state index is 12.4.